The summed E-state index contributed by atoms with van der Waals surface area (Å²) < 4.78 is 12.2. The molecule has 122 valence electrons. The molecule has 0 unspecified atom stereocenters. The standard InChI is InChI=1S/C20H30O2/c1-12-10-16(22-17(12)19(5,6)7)11-20(8,9)18-14(3)13(2)15(4)21-18/h10H,11H2,1-9H3. The summed E-state index contributed by atoms with van der Waals surface area (Å²) in [6, 6.07) is 2.18. The molecule has 0 bridgehead atoms. The molecule has 0 N–H and O–H groups in total. The second kappa shape index (κ2) is 5.33. The Labute approximate surface area is 134 Å². The predicted molar refractivity (Wildman–Crippen MR) is 91.8 cm³/mol. The Morgan fingerprint density at radius 3 is 1.82 bits per heavy atom. The maximum absolute atomic E-state index is 6.17. The summed E-state index contributed by atoms with van der Waals surface area (Å²) in [5.74, 6) is 4.22. The normalized spacial score (nSPS) is 13.0. The molecule has 22 heavy (non-hydrogen) atoms. The average molecular weight is 302 g/mol. The quantitative estimate of drug-likeness (QED) is 0.703. The van der Waals surface area contributed by atoms with Crippen LogP contribution in [-0.4, -0.2) is 0 Å². The van der Waals surface area contributed by atoms with E-state index in [0.29, 0.717) is 0 Å². The van der Waals surface area contributed by atoms with Crippen LogP contribution in [0.15, 0.2) is 14.9 Å². The van der Waals surface area contributed by atoms with Gasteiger partial charge in [-0.15, -0.1) is 0 Å². The summed E-state index contributed by atoms with van der Waals surface area (Å²) in [6.07, 6.45) is 0.844. The molecule has 0 radical (unpaired) electrons. The molecular weight excluding hydrogens is 272 g/mol. The molecule has 2 aromatic rings. The van der Waals surface area contributed by atoms with Gasteiger partial charge in [0.05, 0.1) is 0 Å². The van der Waals surface area contributed by atoms with Gasteiger partial charge in [-0.1, -0.05) is 34.6 Å². The molecule has 2 rings (SSSR count). The zero-order valence-electron chi connectivity index (χ0n) is 15.6. The van der Waals surface area contributed by atoms with Crippen LogP contribution in [0.2, 0.25) is 0 Å². The van der Waals surface area contributed by atoms with Gasteiger partial charge in [-0.25, -0.2) is 0 Å². The first-order valence-electron chi connectivity index (χ1n) is 8.10. The first-order valence-corrected chi connectivity index (χ1v) is 8.10. The summed E-state index contributed by atoms with van der Waals surface area (Å²) in [5, 5.41) is 0. The summed E-state index contributed by atoms with van der Waals surface area (Å²) in [7, 11) is 0. The highest BCUT2D eigenvalue weighted by Crippen LogP contribution is 2.36. The first kappa shape index (κ1) is 16.9. The third-order valence-electron chi connectivity index (χ3n) is 4.57. The van der Waals surface area contributed by atoms with Crippen molar-refractivity contribution in [2.75, 3.05) is 0 Å². The van der Waals surface area contributed by atoms with Crippen LogP contribution in [-0.2, 0) is 17.3 Å². The van der Waals surface area contributed by atoms with E-state index in [1.165, 1.54) is 16.7 Å². The fourth-order valence-corrected chi connectivity index (χ4v) is 3.28. The van der Waals surface area contributed by atoms with Crippen molar-refractivity contribution in [1.82, 2.24) is 0 Å². The van der Waals surface area contributed by atoms with E-state index >= 15 is 0 Å². The Hall–Kier alpha value is -1.44. The van der Waals surface area contributed by atoms with Crippen molar-refractivity contribution in [3.05, 3.63) is 45.8 Å². The van der Waals surface area contributed by atoms with Crippen LogP contribution in [0.1, 0.15) is 74.4 Å². The Morgan fingerprint density at radius 1 is 0.818 bits per heavy atom. The van der Waals surface area contributed by atoms with E-state index in [1.807, 2.05) is 6.92 Å². The minimum absolute atomic E-state index is 0.0419. The Balaban J connectivity index is 2.35. The van der Waals surface area contributed by atoms with Gasteiger partial charge in [0.15, 0.2) is 0 Å². The van der Waals surface area contributed by atoms with E-state index in [0.717, 1.165) is 29.5 Å². The van der Waals surface area contributed by atoms with Gasteiger partial charge in [0, 0.05) is 17.3 Å². The zero-order valence-corrected chi connectivity index (χ0v) is 15.6. The van der Waals surface area contributed by atoms with Crippen molar-refractivity contribution in [1.29, 1.82) is 0 Å². The van der Waals surface area contributed by atoms with Gasteiger partial charge in [0.1, 0.15) is 23.0 Å². The molecule has 0 spiro atoms. The summed E-state index contributed by atoms with van der Waals surface area (Å²) >= 11 is 0. The van der Waals surface area contributed by atoms with Gasteiger partial charge >= 0.3 is 0 Å². The SMILES string of the molecule is Cc1cc(CC(C)(C)c2oc(C)c(C)c2C)oc1C(C)(C)C. The number of hydrogen-bond donors (Lipinski definition) is 0. The minimum atomic E-state index is -0.0808. The summed E-state index contributed by atoms with van der Waals surface area (Å²) in [4.78, 5) is 0. The third-order valence-corrected chi connectivity index (χ3v) is 4.57. The molecule has 0 amide bonds. The molecule has 0 aliphatic heterocycles. The molecule has 2 heteroatoms. The third kappa shape index (κ3) is 3.02. The van der Waals surface area contributed by atoms with E-state index in [2.05, 4.69) is 61.5 Å². The Morgan fingerprint density at radius 2 is 1.41 bits per heavy atom. The van der Waals surface area contributed by atoms with E-state index < -0.39 is 0 Å². The number of rotatable bonds is 3. The largest absolute Gasteiger partial charge is 0.465 e. The zero-order chi connectivity index (χ0) is 16.9. The molecule has 0 saturated heterocycles. The summed E-state index contributed by atoms with van der Waals surface area (Å²) in [6.45, 7) is 19.5. The maximum atomic E-state index is 6.17. The molecule has 0 aliphatic rings. The number of hydrogen-bond acceptors (Lipinski definition) is 2. The molecule has 2 aromatic heterocycles. The highest BCUT2D eigenvalue weighted by Gasteiger charge is 2.31. The van der Waals surface area contributed by atoms with Crippen LogP contribution in [0.3, 0.4) is 0 Å². The smallest absolute Gasteiger partial charge is 0.113 e. The van der Waals surface area contributed by atoms with Crippen LogP contribution in [0.25, 0.3) is 0 Å². The van der Waals surface area contributed by atoms with Crippen LogP contribution in [0.5, 0.6) is 0 Å². The van der Waals surface area contributed by atoms with Crippen molar-refractivity contribution >= 4 is 0 Å². The van der Waals surface area contributed by atoms with Gasteiger partial charge in [0.2, 0.25) is 0 Å². The molecule has 0 fully saturated rings. The lowest BCUT2D eigenvalue weighted by atomic mass is 9.83. The molecular formula is C20H30O2. The van der Waals surface area contributed by atoms with Gasteiger partial charge in [-0.05, 0) is 50.5 Å². The van der Waals surface area contributed by atoms with Gasteiger partial charge in [-0.3, -0.25) is 0 Å². The fraction of sp³-hybridized carbons (Fsp3) is 0.600. The first-order chi connectivity index (χ1) is 9.93. The highest BCUT2D eigenvalue weighted by molar-refractivity contribution is 5.35. The lowest BCUT2D eigenvalue weighted by Gasteiger charge is -2.22. The van der Waals surface area contributed by atoms with Crippen LogP contribution in [0, 0.1) is 27.7 Å². The lowest BCUT2D eigenvalue weighted by molar-refractivity contribution is 0.327. The van der Waals surface area contributed by atoms with Crippen LogP contribution < -0.4 is 0 Å². The van der Waals surface area contributed by atoms with Crippen molar-refractivity contribution in [3.8, 4) is 0 Å². The maximum Gasteiger partial charge on any atom is 0.113 e. The van der Waals surface area contributed by atoms with Crippen LogP contribution >= 0.6 is 0 Å². The topological polar surface area (TPSA) is 26.3 Å². The van der Waals surface area contributed by atoms with Crippen molar-refractivity contribution in [2.45, 2.75) is 79.6 Å². The van der Waals surface area contributed by atoms with E-state index in [9.17, 15) is 0 Å². The predicted octanol–water partition coefficient (Wildman–Crippen LogP) is 5.92. The number of furan rings is 2. The molecule has 0 aliphatic carbocycles. The fourth-order valence-electron chi connectivity index (χ4n) is 3.28. The van der Waals surface area contributed by atoms with Gasteiger partial charge < -0.3 is 8.83 Å². The lowest BCUT2D eigenvalue weighted by Crippen LogP contribution is -2.20. The van der Waals surface area contributed by atoms with Gasteiger partial charge in [0.25, 0.3) is 0 Å². The minimum Gasteiger partial charge on any atom is -0.465 e. The molecule has 2 nitrogen and oxygen atoms in total. The highest BCUT2D eigenvalue weighted by atomic mass is 16.3. The van der Waals surface area contributed by atoms with E-state index in [4.69, 9.17) is 8.83 Å². The van der Waals surface area contributed by atoms with Crippen LogP contribution in [0.4, 0.5) is 0 Å². The molecule has 0 saturated carbocycles. The number of aryl methyl sites for hydroxylation is 2. The van der Waals surface area contributed by atoms with Crippen molar-refractivity contribution in [3.63, 3.8) is 0 Å². The Bertz CT molecular complexity index is 675. The molecule has 0 atom stereocenters. The van der Waals surface area contributed by atoms with E-state index in [-0.39, 0.29) is 10.8 Å². The molecule has 2 heterocycles. The monoisotopic (exact) mass is 302 g/mol. The Kier molecular flexibility index (Phi) is 4.10. The van der Waals surface area contributed by atoms with Gasteiger partial charge in [-0.2, -0.15) is 0 Å². The van der Waals surface area contributed by atoms with Crippen molar-refractivity contribution in [2.24, 2.45) is 0 Å². The second-order valence-electron chi connectivity index (χ2n) is 8.27. The average Bonchev–Trinajstić information content (AvgIpc) is 2.84. The second-order valence-corrected chi connectivity index (χ2v) is 8.27. The van der Waals surface area contributed by atoms with E-state index in [1.54, 1.807) is 0 Å². The van der Waals surface area contributed by atoms with Crippen molar-refractivity contribution < 1.29 is 8.83 Å². The molecule has 0 aromatic carbocycles. The summed E-state index contributed by atoms with van der Waals surface area (Å²) in [5.41, 5.74) is 3.72.